The highest BCUT2D eigenvalue weighted by atomic mass is 16.5. The van der Waals surface area contributed by atoms with Gasteiger partial charge in [0.25, 0.3) is 0 Å². The number of fused-ring (bicyclic) bond motifs is 3. The van der Waals surface area contributed by atoms with Crippen LogP contribution in [0.5, 0.6) is 5.75 Å². The minimum atomic E-state index is 0.660. The number of benzene rings is 2. The SMILES string of the molecule is CCC(C)CC(C)CNCc1cc2c([nH]c3ccccc32)c(-c2ccc(OC)cc2)n1. The van der Waals surface area contributed by atoms with Crippen molar-refractivity contribution in [3.8, 4) is 17.0 Å². The topological polar surface area (TPSA) is 49.9 Å². The van der Waals surface area contributed by atoms with E-state index in [4.69, 9.17) is 9.72 Å². The van der Waals surface area contributed by atoms with Gasteiger partial charge in [-0.1, -0.05) is 45.4 Å². The van der Waals surface area contributed by atoms with Gasteiger partial charge >= 0.3 is 0 Å². The van der Waals surface area contributed by atoms with E-state index in [-0.39, 0.29) is 0 Å². The number of methoxy groups -OCH3 is 1. The highest BCUT2D eigenvalue weighted by Crippen LogP contribution is 2.33. The monoisotopic (exact) mass is 415 g/mol. The highest BCUT2D eigenvalue weighted by molar-refractivity contribution is 6.11. The first-order chi connectivity index (χ1) is 15.1. The van der Waals surface area contributed by atoms with Crippen LogP contribution in [0.15, 0.2) is 54.6 Å². The van der Waals surface area contributed by atoms with Gasteiger partial charge in [0.1, 0.15) is 5.75 Å². The van der Waals surface area contributed by atoms with Gasteiger partial charge in [0.05, 0.1) is 24.0 Å². The molecule has 0 bridgehead atoms. The maximum Gasteiger partial charge on any atom is 0.118 e. The van der Waals surface area contributed by atoms with E-state index < -0.39 is 0 Å². The first-order valence-corrected chi connectivity index (χ1v) is 11.3. The van der Waals surface area contributed by atoms with Crippen molar-refractivity contribution < 1.29 is 4.74 Å². The largest absolute Gasteiger partial charge is 0.497 e. The second-order valence-electron chi connectivity index (χ2n) is 8.77. The molecule has 0 radical (unpaired) electrons. The zero-order valence-electron chi connectivity index (χ0n) is 19.0. The van der Waals surface area contributed by atoms with E-state index in [1.54, 1.807) is 7.11 Å². The molecule has 0 aliphatic heterocycles. The number of hydrogen-bond acceptors (Lipinski definition) is 3. The van der Waals surface area contributed by atoms with Crippen LogP contribution in [-0.2, 0) is 6.54 Å². The number of ether oxygens (including phenoxy) is 1. The van der Waals surface area contributed by atoms with Crippen LogP contribution in [0, 0.1) is 11.8 Å². The molecular weight excluding hydrogens is 382 g/mol. The smallest absolute Gasteiger partial charge is 0.118 e. The average Bonchev–Trinajstić information content (AvgIpc) is 3.17. The van der Waals surface area contributed by atoms with Crippen molar-refractivity contribution in [1.29, 1.82) is 0 Å². The van der Waals surface area contributed by atoms with E-state index in [1.807, 2.05) is 12.1 Å². The summed E-state index contributed by atoms with van der Waals surface area (Å²) in [6, 6.07) is 18.8. The second-order valence-corrected chi connectivity index (χ2v) is 8.77. The lowest BCUT2D eigenvalue weighted by Crippen LogP contribution is -2.22. The molecular formula is C27H33N3O. The van der Waals surface area contributed by atoms with Crippen molar-refractivity contribution >= 4 is 21.8 Å². The van der Waals surface area contributed by atoms with Crippen molar-refractivity contribution in [2.45, 2.75) is 40.2 Å². The summed E-state index contributed by atoms with van der Waals surface area (Å²) in [7, 11) is 1.69. The van der Waals surface area contributed by atoms with E-state index in [0.717, 1.165) is 52.7 Å². The fraction of sp³-hybridized carbons (Fsp3) is 0.370. The lowest BCUT2D eigenvalue weighted by molar-refractivity contribution is 0.387. The third-order valence-electron chi connectivity index (χ3n) is 6.21. The lowest BCUT2D eigenvalue weighted by Gasteiger charge is -2.16. The van der Waals surface area contributed by atoms with Gasteiger partial charge < -0.3 is 15.0 Å². The maximum atomic E-state index is 5.34. The van der Waals surface area contributed by atoms with E-state index >= 15 is 0 Å². The van der Waals surface area contributed by atoms with Crippen molar-refractivity contribution in [3.63, 3.8) is 0 Å². The van der Waals surface area contributed by atoms with Gasteiger partial charge in [-0.05, 0) is 61.2 Å². The second kappa shape index (κ2) is 9.52. The van der Waals surface area contributed by atoms with Crippen LogP contribution in [0.25, 0.3) is 33.1 Å². The molecule has 0 saturated heterocycles. The molecule has 4 rings (SSSR count). The van der Waals surface area contributed by atoms with Crippen LogP contribution in [0.3, 0.4) is 0 Å². The van der Waals surface area contributed by atoms with Crippen LogP contribution in [-0.4, -0.2) is 23.6 Å². The van der Waals surface area contributed by atoms with Crippen LogP contribution < -0.4 is 10.1 Å². The number of para-hydroxylation sites is 1. The number of pyridine rings is 1. The number of nitrogens with zero attached hydrogens (tertiary/aromatic N) is 1. The molecule has 0 aliphatic rings. The standard InChI is InChI=1S/C27H33N3O/c1-5-18(2)14-19(3)16-28-17-21-15-24-23-8-6-7-9-25(23)30-27(24)26(29-21)20-10-12-22(31-4)13-11-20/h6-13,15,18-19,28,30H,5,14,16-17H2,1-4H3. The molecule has 4 aromatic rings. The summed E-state index contributed by atoms with van der Waals surface area (Å²) in [5, 5.41) is 6.10. The van der Waals surface area contributed by atoms with Crippen molar-refractivity contribution in [2.24, 2.45) is 11.8 Å². The number of hydrogen-bond donors (Lipinski definition) is 2. The molecule has 0 amide bonds. The number of aromatic amines is 1. The number of nitrogens with one attached hydrogen (secondary N) is 2. The van der Waals surface area contributed by atoms with Gasteiger partial charge in [-0.15, -0.1) is 0 Å². The van der Waals surface area contributed by atoms with Gasteiger partial charge in [0.2, 0.25) is 0 Å². The van der Waals surface area contributed by atoms with Gasteiger partial charge in [-0.3, -0.25) is 0 Å². The van der Waals surface area contributed by atoms with Gasteiger partial charge in [-0.2, -0.15) is 0 Å². The van der Waals surface area contributed by atoms with E-state index in [2.05, 4.69) is 73.5 Å². The summed E-state index contributed by atoms with van der Waals surface area (Å²) in [6.07, 6.45) is 2.50. The summed E-state index contributed by atoms with van der Waals surface area (Å²) >= 11 is 0. The average molecular weight is 416 g/mol. The number of rotatable bonds is 9. The highest BCUT2D eigenvalue weighted by Gasteiger charge is 2.14. The van der Waals surface area contributed by atoms with Crippen LogP contribution in [0.2, 0.25) is 0 Å². The summed E-state index contributed by atoms with van der Waals surface area (Å²) in [4.78, 5) is 8.65. The van der Waals surface area contributed by atoms with Gasteiger partial charge in [0, 0.05) is 28.4 Å². The quantitative estimate of drug-likeness (QED) is 0.326. The Balaban J connectivity index is 1.66. The zero-order valence-corrected chi connectivity index (χ0v) is 19.0. The van der Waals surface area contributed by atoms with Crippen LogP contribution >= 0.6 is 0 Å². The summed E-state index contributed by atoms with van der Waals surface area (Å²) in [5.74, 6) is 2.29. The van der Waals surface area contributed by atoms with E-state index in [9.17, 15) is 0 Å². The molecule has 2 N–H and O–H groups in total. The maximum absolute atomic E-state index is 5.34. The molecule has 4 heteroatoms. The molecule has 2 heterocycles. The molecule has 2 unspecified atom stereocenters. The predicted molar refractivity (Wildman–Crippen MR) is 131 cm³/mol. The first kappa shape index (κ1) is 21.4. The van der Waals surface area contributed by atoms with Crippen LogP contribution in [0.1, 0.15) is 39.3 Å². The third kappa shape index (κ3) is 4.75. The molecule has 0 saturated carbocycles. The molecule has 162 valence electrons. The van der Waals surface area contributed by atoms with Gasteiger partial charge in [0.15, 0.2) is 0 Å². The number of H-pyrrole nitrogens is 1. The van der Waals surface area contributed by atoms with E-state index in [1.165, 1.54) is 23.6 Å². The van der Waals surface area contributed by atoms with Crippen LogP contribution in [0.4, 0.5) is 0 Å². The Morgan fingerprint density at radius 1 is 1.00 bits per heavy atom. The number of aromatic nitrogens is 2. The van der Waals surface area contributed by atoms with Gasteiger partial charge in [-0.25, -0.2) is 4.98 Å². The van der Waals surface area contributed by atoms with Crippen molar-refractivity contribution in [2.75, 3.05) is 13.7 Å². The Kier molecular flexibility index (Phi) is 6.57. The lowest BCUT2D eigenvalue weighted by atomic mass is 9.95. The molecule has 2 aromatic heterocycles. The fourth-order valence-corrected chi connectivity index (χ4v) is 4.33. The molecule has 2 aromatic carbocycles. The molecule has 0 spiro atoms. The Labute approximate surface area is 185 Å². The Hall–Kier alpha value is -2.85. The third-order valence-corrected chi connectivity index (χ3v) is 6.21. The molecule has 0 fully saturated rings. The molecule has 31 heavy (non-hydrogen) atoms. The zero-order chi connectivity index (χ0) is 21.8. The minimum Gasteiger partial charge on any atom is -0.497 e. The molecule has 4 nitrogen and oxygen atoms in total. The minimum absolute atomic E-state index is 0.660. The van der Waals surface area contributed by atoms with E-state index in [0.29, 0.717) is 5.92 Å². The summed E-state index contributed by atoms with van der Waals surface area (Å²) in [5.41, 5.74) is 5.37. The molecule has 0 aliphatic carbocycles. The fourth-order valence-electron chi connectivity index (χ4n) is 4.33. The van der Waals surface area contributed by atoms with Crippen molar-refractivity contribution in [3.05, 3.63) is 60.3 Å². The first-order valence-electron chi connectivity index (χ1n) is 11.3. The Morgan fingerprint density at radius 2 is 1.77 bits per heavy atom. The molecule has 2 atom stereocenters. The normalized spacial score (nSPS) is 13.5. The summed E-state index contributed by atoms with van der Waals surface area (Å²) < 4.78 is 5.34. The Bertz CT molecular complexity index is 1150. The van der Waals surface area contributed by atoms with Crippen molar-refractivity contribution in [1.82, 2.24) is 15.3 Å². The summed E-state index contributed by atoms with van der Waals surface area (Å²) in [6.45, 7) is 8.72. The predicted octanol–water partition coefficient (Wildman–Crippen LogP) is 6.55. The Morgan fingerprint density at radius 3 is 2.52 bits per heavy atom.